The van der Waals surface area contributed by atoms with Crippen molar-refractivity contribution < 1.29 is 14.1 Å². The van der Waals surface area contributed by atoms with E-state index in [1.54, 1.807) is 18.6 Å². The first-order valence-corrected chi connectivity index (χ1v) is 8.85. The summed E-state index contributed by atoms with van der Waals surface area (Å²) in [5.74, 6) is 1.75. The Labute approximate surface area is 152 Å². The first kappa shape index (κ1) is 17.0. The molecule has 4 heterocycles. The van der Waals surface area contributed by atoms with E-state index >= 15 is 0 Å². The molecule has 0 unspecified atom stereocenters. The average molecular weight is 357 g/mol. The fourth-order valence-electron chi connectivity index (χ4n) is 3.89. The van der Waals surface area contributed by atoms with Crippen LogP contribution in [0.25, 0.3) is 0 Å². The SMILES string of the molecule is Cc1noc(C)c1CN1C[C@@]2(COCCN(c3cnccn3)C2)CC1=O. The van der Waals surface area contributed by atoms with Crippen LogP contribution >= 0.6 is 0 Å². The third-order valence-corrected chi connectivity index (χ3v) is 5.25. The summed E-state index contributed by atoms with van der Waals surface area (Å²) in [6.07, 6.45) is 5.60. The predicted molar refractivity (Wildman–Crippen MR) is 93.5 cm³/mol. The number of carbonyl (C=O) groups excluding carboxylic acids is 1. The highest BCUT2D eigenvalue weighted by atomic mass is 16.5. The van der Waals surface area contributed by atoms with Crippen LogP contribution in [0.1, 0.15) is 23.4 Å². The van der Waals surface area contributed by atoms with Gasteiger partial charge >= 0.3 is 0 Å². The Balaban J connectivity index is 1.53. The van der Waals surface area contributed by atoms with Gasteiger partial charge in [0.1, 0.15) is 11.6 Å². The number of aryl methyl sites for hydroxylation is 2. The molecule has 0 saturated carbocycles. The van der Waals surface area contributed by atoms with E-state index in [0.29, 0.717) is 32.7 Å². The molecule has 1 amide bonds. The second-order valence-electron chi connectivity index (χ2n) is 7.27. The van der Waals surface area contributed by atoms with Gasteiger partial charge in [0.05, 0.1) is 31.6 Å². The second-order valence-corrected chi connectivity index (χ2v) is 7.27. The van der Waals surface area contributed by atoms with E-state index in [2.05, 4.69) is 20.0 Å². The van der Waals surface area contributed by atoms with E-state index in [1.165, 1.54) is 0 Å². The molecule has 0 aliphatic carbocycles. The Hall–Kier alpha value is -2.48. The molecule has 2 aromatic rings. The summed E-state index contributed by atoms with van der Waals surface area (Å²) >= 11 is 0. The number of hydrogen-bond acceptors (Lipinski definition) is 7. The largest absolute Gasteiger partial charge is 0.379 e. The van der Waals surface area contributed by atoms with Crippen LogP contribution in [0, 0.1) is 19.3 Å². The summed E-state index contributed by atoms with van der Waals surface area (Å²) in [4.78, 5) is 25.4. The van der Waals surface area contributed by atoms with E-state index in [1.807, 2.05) is 18.7 Å². The van der Waals surface area contributed by atoms with Gasteiger partial charge in [-0.05, 0) is 13.8 Å². The lowest BCUT2D eigenvalue weighted by atomic mass is 9.87. The lowest BCUT2D eigenvalue weighted by Gasteiger charge is -2.31. The second kappa shape index (κ2) is 6.68. The Kier molecular flexibility index (Phi) is 4.36. The number of likely N-dealkylation sites (tertiary alicyclic amines) is 1. The Morgan fingerprint density at radius 1 is 1.27 bits per heavy atom. The zero-order valence-corrected chi connectivity index (χ0v) is 15.1. The molecule has 0 N–H and O–H groups in total. The zero-order chi connectivity index (χ0) is 18.1. The number of hydrogen-bond donors (Lipinski definition) is 0. The summed E-state index contributed by atoms with van der Waals surface area (Å²) in [5, 5.41) is 3.99. The quantitative estimate of drug-likeness (QED) is 0.819. The summed E-state index contributed by atoms with van der Waals surface area (Å²) in [7, 11) is 0. The lowest BCUT2D eigenvalue weighted by molar-refractivity contribution is -0.128. The van der Waals surface area contributed by atoms with Crippen LogP contribution < -0.4 is 4.90 Å². The molecule has 26 heavy (non-hydrogen) atoms. The molecule has 4 rings (SSSR count). The maximum atomic E-state index is 12.7. The number of nitrogens with zero attached hydrogens (tertiary/aromatic N) is 5. The van der Waals surface area contributed by atoms with Crippen LogP contribution in [-0.2, 0) is 16.1 Å². The summed E-state index contributed by atoms with van der Waals surface area (Å²) in [6.45, 7) is 7.67. The van der Waals surface area contributed by atoms with Gasteiger partial charge in [-0.1, -0.05) is 5.16 Å². The van der Waals surface area contributed by atoms with Gasteiger partial charge in [0.2, 0.25) is 5.91 Å². The molecule has 138 valence electrons. The molecule has 8 heteroatoms. The van der Waals surface area contributed by atoms with Crippen LogP contribution in [0.3, 0.4) is 0 Å². The van der Waals surface area contributed by atoms with Crippen molar-refractivity contribution in [1.82, 2.24) is 20.0 Å². The van der Waals surface area contributed by atoms with E-state index in [9.17, 15) is 4.79 Å². The van der Waals surface area contributed by atoms with Crippen molar-refractivity contribution in [3.63, 3.8) is 0 Å². The monoisotopic (exact) mass is 357 g/mol. The molecule has 2 fully saturated rings. The van der Waals surface area contributed by atoms with Crippen LogP contribution in [0.15, 0.2) is 23.1 Å². The van der Waals surface area contributed by atoms with Gasteiger partial charge in [-0.15, -0.1) is 0 Å². The van der Waals surface area contributed by atoms with Crippen molar-refractivity contribution >= 4 is 11.7 Å². The molecule has 2 saturated heterocycles. The van der Waals surface area contributed by atoms with Crippen molar-refractivity contribution in [3.05, 3.63) is 35.6 Å². The first-order valence-electron chi connectivity index (χ1n) is 8.85. The summed E-state index contributed by atoms with van der Waals surface area (Å²) in [6, 6.07) is 0. The van der Waals surface area contributed by atoms with Crippen molar-refractivity contribution in [2.24, 2.45) is 5.41 Å². The first-order chi connectivity index (χ1) is 12.6. The van der Waals surface area contributed by atoms with Crippen molar-refractivity contribution in [3.8, 4) is 0 Å². The number of ether oxygens (including phenoxy) is 1. The fourth-order valence-corrected chi connectivity index (χ4v) is 3.89. The van der Waals surface area contributed by atoms with Gasteiger partial charge in [0.15, 0.2) is 0 Å². The van der Waals surface area contributed by atoms with Gasteiger partial charge in [0, 0.05) is 49.4 Å². The Bertz CT molecular complexity index is 774. The smallest absolute Gasteiger partial charge is 0.223 e. The minimum atomic E-state index is -0.232. The summed E-state index contributed by atoms with van der Waals surface area (Å²) in [5.41, 5.74) is 1.61. The van der Waals surface area contributed by atoms with E-state index in [0.717, 1.165) is 35.9 Å². The van der Waals surface area contributed by atoms with E-state index in [-0.39, 0.29) is 11.3 Å². The standard InChI is InChI=1S/C18H23N5O3/c1-13-15(14(2)26-21-13)9-23-11-18(7-17(23)24)10-22(5-6-25-12-18)16-8-19-3-4-20-16/h3-4,8H,5-7,9-12H2,1-2H3/t18-/m1/s1. The number of carbonyl (C=O) groups is 1. The highest BCUT2D eigenvalue weighted by Gasteiger charge is 2.46. The maximum absolute atomic E-state index is 12.7. The average Bonchev–Trinajstić information content (AvgIpc) is 3.02. The highest BCUT2D eigenvalue weighted by Crippen LogP contribution is 2.36. The topological polar surface area (TPSA) is 84.6 Å². The molecule has 0 aromatic carbocycles. The van der Waals surface area contributed by atoms with Crippen LogP contribution in [0.4, 0.5) is 5.82 Å². The number of amides is 1. The molecule has 2 aliphatic heterocycles. The van der Waals surface area contributed by atoms with Crippen LogP contribution in [0.2, 0.25) is 0 Å². The molecular weight excluding hydrogens is 334 g/mol. The maximum Gasteiger partial charge on any atom is 0.223 e. The van der Waals surface area contributed by atoms with Gasteiger partial charge in [-0.2, -0.15) is 0 Å². The third kappa shape index (κ3) is 3.16. The molecule has 8 nitrogen and oxygen atoms in total. The highest BCUT2D eigenvalue weighted by molar-refractivity contribution is 5.79. The predicted octanol–water partition coefficient (Wildman–Crippen LogP) is 1.34. The van der Waals surface area contributed by atoms with Crippen LogP contribution in [0.5, 0.6) is 0 Å². The third-order valence-electron chi connectivity index (χ3n) is 5.25. The number of anilines is 1. The summed E-state index contributed by atoms with van der Waals surface area (Å²) < 4.78 is 11.1. The minimum absolute atomic E-state index is 0.148. The van der Waals surface area contributed by atoms with Crippen molar-refractivity contribution in [1.29, 1.82) is 0 Å². The van der Waals surface area contributed by atoms with Crippen LogP contribution in [-0.4, -0.2) is 58.8 Å². The molecule has 0 bridgehead atoms. The molecular formula is C18H23N5O3. The fraction of sp³-hybridized carbons (Fsp3) is 0.556. The number of rotatable bonds is 3. The van der Waals surface area contributed by atoms with Gasteiger partial charge in [-0.3, -0.25) is 9.78 Å². The Morgan fingerprint density at radius 3 is 2.88 bits per heavy atom. The molecule has 1 atom stereocenters. The number of aromatic nitrogens is 3. The van der Waals surface area contributed by atoms with Crippen molar-refractivity contribution in [2.75, 3.05) is 37.7 Å². The molecule has 0 radical (unpaired) electrons. The normalized spacial score (nSPS) is 23.7. The molecule has 1 spiro atoms. The van der Waals surface area contributed by atoms with Gasteiger partial charge < -0.3 is 19.1 Å². The van der Waals surface area contributed by atoms with E-state index < -0.39 is 0 Å². The van der Waals surface area contributed by atoms with Crippen molar-refractivity contribution in [2.45, 2.75) is 26.8 Å². The molecule has 2 aliphatic rings. The van der Waals surface area contributed by atoms with Gasteiger partial charge in [-0.25, -0.2) is 4.98 Å². The Morgan fingerprint density at radius 2 is 2.15 bits per heavy atom. The molecule has 2 aromatic heterocycles. The zero-order valence-electron chi connectivity index (χ0n) is 15.1. The minimum Gasteiger partial charge on any atom is -0.379 e. The van der Waals surface area contributed by atoms with Gasteiger partial charge in [0.25, 0.3) is 0 Å². The lowest BCUT2D eigenvalue weighted by Crippen LogP contribution is -2.41. The van der Waals surface area contributed by atoms with E-state index in [4.69, 9.17) is 9.26 Å².